The highest BCUT2D eigenvalue weighted by Gasteiger charge is 2.33. The lowest BCUT2D eigenvalue weighted by molar-refractivity contribution is -0.385. The Morgan fingerprint density at radius 2 is 2.18 bits per heavy atom. The third-order valence-corrected chi connectivity index (χ3v) is 4.13. The van der Waals surface area contributed by atoms with Crippen LogP contribution in [-0.4, -0.2) is 16.5 Å². The van der Waals surface area contributed by atoms with Crippen molar-refractivity contribution >= 4 is 11.5 Å². The summed E-state index contributed by atoms with van der Waals surface area (Å²) in [7, 11) is 0. The maximum absolute atomic E-state index is 13.5. The highest BCUT2D eigenvalue weighted by atomic mass is 19.1. The second kappa shape index (κ2) is 5.71. The van der Waals surface area contributed by atoms with Crippen LogP contribution in [0.1, 0.15) is 24.9 Å². The maximum Gasteiger partial charge on any atom is 0.287 e. The van der Waals surface area contributed by atoms with Crippen LogP contribution in [0.5, 0.6) is 0 Å². The van der Waals surface area contributed by atoms with Crippen LogP contribution in [0.15, 0.2) is 42.6 Å². The molecule has 0 aliphatic carbocycles. The van der Waals surface area contributed by atoms with Crippen LogP contribution in [0.4, 0.5) is 15.9 Å². The Kier molecular flexibility index (Phi) is 3.75. The normalized spacial score (nSPS) is 21.1. The minimum Gasteiger partial charge on any atom is -0.349 e. The zero-order valence-electron chi connectivity index (χ0n) is 12.1. The zero-order chi connectivity index (χ0) is 15.7. The number of rotatable bonds is 3. The predicted octanol–water partition coefficient (Wildman–Crippen LogP) is 3.72. The van der Waals surface area contributed by atoms with E-state index in [1.54, 1.807) is 18.2 Å². The molecule has 2 heterocycles. The number of aromatic nitrogens is 1. The van der Waals surface area contributed by atoms with Crippen LogP contribution < -0.4 is 4.90 Å². The average Bonchev–Trinajstić information content (AvgIpc) is 2.89. The summed E-state index contributed by atoms with van der Waals surface area (Å²) in [4.78, 5) is 16.5. The second-order valence-electron chi connectivity index (χ2n) is 5.59. The molecule has 5 nitrogen and oxygen atoms in total. The van der Waals surface area contributed by atoms with Crippen LogP contribution in [0.25, 0.3) is 0 Å². The number of nitrogens with zero attached hydrogens (tertiary/aromatic N) is 3. The van der Waals surface area contributed by atoms with Crippen molar-refractivity contribution in [2.24, 2.45) is 5.92 Å². The van der Waals surface area contributed by atoms with E-state index >= 15 is 0 Å². The van der Waals surface area contributed by atoms with Crippen LogP contribution in [-0.2, 0) is 0 Å². The minimum atomic E-state index is -0.465. The molecule has 1 aromatic heterocycles. The number of benzene rings is 1. The van der Waals surface area contributed by atoms with Gasteiger partial charge in [0.15, 0.2) is 0 Å². The standard InChI is InChI=1S/C16H16FN3O2/c1-11-7-8-19(15-6-5-14(10-18-15)20(21)22)16(11)12-3-2-4-13(17)9-12/h2-6,9-11,16H,7-8H2,1H3. The number of nitro groups is 1. The molecule has 2 aromatic rings. The number of halogens is 1. The Morgan fingerprint density at radius 1 is 1.36 bits per heavy atom. The molecule has 2 atom stereocenters. The maximum atomic E-state index is 13.5. The van der Waals surface area contributed by atoms with Crippen molar-refractivity contribution in [2.75, 3.05) is 11.4 Å². The summed E-state index contributed by atoms with van der Waals surface area (Å²) >= 11 is 0. The summed E-state index contributed by atoms with van der Waals surface area (Å²) in [6.07, 6.45) is 2.24. The Hall–Kier alpha value is -2.50. The molecule has 0 bridgehead atoms. The van der Waals surface area contributed by atoms with Gasteiger partial charge in [-0.2, -0.15) is 0 Å². The summed E-state index contributed by atoms with van der Waals surface area (Å²) in [6, 6.07) is 9.73. The topological polar surface area (TPSA) is 59.3 Å². The van der Waals surface area contributed by atoms with Gasteiger partial charge in [-0.15, -0.1) is 0 Å². The Morgan fingerprint density at radius 3 is 2.82 bits per heavy atom. The summed E-state index contributed by atoms with van der Waals surface area (Å²) in [5.41, 5.74) is 0.878. The van der Waals surface area contributed by atoms with Crippen molar-refractivity contribution in [2.45, 2.75) is 19.4 Å². The SMILES string of the molecule is CC1CCN(c2ccc([N+](=O)[O-])cn2)C1c1cccc(F)c1. The predicted molar refractivity (Wildman–Crippen MR) is 81.2 cm³/mol. The van der Waals surface area contributed by atoms with Crippen molar-refractivity contribution in [3.8, 4) is 0 Å². The number of pyridine rings is 1. The molecule has 1 saturated heterocycles. The summed E-state index contributed by atoms with van der Waals surface area (Å²) in [5.74, 6) is 0.788. The molecule has 0 saturated carbocycles. The van der Waals surface area contributed by atoms with E-state index in [4.69, 9.17) is 0 Å². The van der Waals surface area contributed by atoms with Gasteiger partial charge in [-0.1, -0.05) is 19.1 Å². The summed E-state index contributed by atoms with van der Waals surface area (Å²) < 4.78 is 13.5. The van der Waals surface area contributed by atoms with Gasteiger partial charge in [0, 0.05) is 12.6 Å². The van der Waals surface area contributed by atoms with Gasteiger partial charge in [-0.25, -0.2) is 9.37 Å². The molecule has 1 aliphatic rings. The smallest absolute Gasteiger partial charge is 0.287 e. The lowest BCUT2D eigenvalue weighted by atomic mass is 9.95. The first-order chi connectivity index (χ1) is 10.6. The molecule has 1 aromatic carbocycles. The first-order valence-corrected chi connectivity index (χ1v) is 7.19. The first-order valence-electron chi connectivity index (χ1n) is 7.19. The van der Waals surface area contributed by atoms with Crippen molar-refractivity contribution in [1.29, 1.82) is 0 Å². The Bertz CT molecular complexity index is 690. The fraction of sp³-hybridized carbons (Fsp3) is 0.312. The van der Waals surface area contributed by atoms with Crippen LogP contribution in [0, 0.1) is 21.8 Å². The first kappa shape index (κ1) is 14.4. The van der Waals surface area contributed by atoms with Gasteiger partial charge in [0.05, 0.1) is 11.0 Å². The monoisotopic (exact) mass is 301 g/mol. The van der Waals surface area contributed by atoms with E-state index in [0.29, 0.717) is 11.7 Å². The average molecular weight is 301 g/mol. The van der Waals surface area contributed by atoms with E-state index in [0.717, 1.165) is 18.5 Å². The van der Waals surface area contributed by atoms with Gasteiger partial charge >= 0.3 is 0 Å². The zero-order valence-corrected chi connectivity index (χ0v) is 12.1. The van der Waals surface area contributed by atoms with Crippen LogP contribution in [0.2, 0.25) is 0 Å². The van der Waals surface area contributed by atoms with Gasteiger partial charge in [-0.05, 0) is 36.1 Å². The molecule has 22 heavy (non-hydrogen) atoms. The third kappa shape index (κ3) is 2.64. The van der Waals surface area contributed by atoms with E-state index in [1.165, 1.54) is 18.3 Å². The molecule has 3 rings (SSSR count). The molecule has 0 radical (unpaired) electrons. The quantitative estimate of drug-likeness (QED) is 0.640. The van der Waals surface area contributed by atoms with Gasteiger partial charge < -0.3 is 4.90 Å². The second-order valence-corrected chi connectivity index (χ2v) is 5.59. The molecule has 114 valence electrons. The number of hydrogen-bond donors (Lipinski definition) is 0. The lowest BCUT2D eigenvalue weighted by Gasteiger charge is -2.28. The summed E-state index contributed by atoms with van der Waals surface area (Å²) in [5, 5.41) is 10.7. The van der Waals surface area contributed by atoms with Crippen molar-refractivity contribution in [3.05, 3.63) is 64.1 Å². The van der Waals surface area contributed by atoms with E-state index in [-0.39, 0.29) is 17.5 Å². The molecular weight excluding hydrogens is 285 g/mol. The van der Waals surface area contributed by atoms with Gasteiger partial charge in [0.2, 0.25) is 0 Å². The van der Waals surface area contributed by atoms with Crippen molar-refractivity contribution < 1.29 is 9.31 Å². The minimum absolute atomic E-state index is 0.0294. The van der Waals surface area contributed by atoms with E-state index in [1.807, 2.05) is 6.07 Å². The highest BCUT2D eigenvalue weighted by molar-refractivity contribution is 5.47. The summed E-state index contributed by atoms with van der Waals surface area (Å²) in [6.45, 7) is 2.92. The lowest BCUT2D eigenvalue weighted by Crippen LogP contribution is -2.25. The number of anilines is 1. The Labute approximate surface area is 127 Å². The molecule has 2 unspecified atom stereocenters. The number of hydrogen-bond acceptors (Lipinski definition) is 4. The van der Waals surface area contributed by atoms with Gasteiger partial charge in [0.25, 0.3) is 5.69 Å². The Balaban J connectivity index is 1.93. The van der Waals surface area contributed by atoms with E-state index < -0.39 is 4.92 Å². The van der Waals surface area contributed by atoms with E-state index in [2.05, 4.69) is 16.8 Å². The molecule has 1 aliphatic heterocycles. The molecule has 1 fully saturated rings. The molecule has 6 heteroatoms. The largest absolute Gasteiger partial charge is 0.349 e. The highest BCUT2D eigenvalue weighted by Crippen LogP contribution is 2.39. The molecular formula is C16H16FN3O2. The van der Waals surface area contributed by atoms with Gasteiger partial charge in [0.1, 0.15) is 17.8 Å². The van der Waals surface area contributed by atoms with Crippen molar-refractivity contribution in [1.82, 2.24) is 4.98 Å². The fourth-order valence-corrected chi connectivity index (χ4v) is 3.06. The fourth-order valence-electron chi connectivity index (χ4n) is 3.06. The van der Waals surface area contributed by atoms with Gasteiger partial charge in [-0.3, -0.25) is 10.1 Å². The third-order valence-electron chi connectivity index (χ3n) is 4.13. The molecule has 0 N–H and O–H groups in total. The van der Waals surface area contributed by atoms with Crippen LogP contribution >= 0.6 is 0 Å². The molecule has 0 amide bonds. The van der Waals surface area contributed by atoms with Crippen LogP contribution in [0.3, 0.4) is 0 Å². The molecule has 0 spiro atoms. The van der Waals surface area contributed by atoms with E-state index in [9.17, 15) is 14.5 Å². The van der Waals surface area contributed by atoms with Crippen molar-refractivity contribution in [3.63, 3.8) is 0 Å².